The van der Waals surface area contributed by atoms with E-state index in [1.54, 1.807) is 6.07 Å². The van der Waals surface area contributed by atoms with Crippen molar-refractivity contribution in [2.45, 2.75) is 25.7 Å². The molecule has 0 atom stereocenters. The minimum absolute atomic E-state index is 0.0764. The molecule has 1 spiro atoms. The number of carbonyl (C=O) groups excluding carboxylic acids is 1. The second-order valence-corrected chi connectivity index (χ2v) is 6.67. The van der Waals surface area contributed by atoms with Crippen LogP contribution in [0.3, 0.4) is 0 Å². The number of aromatic amines is 1. The maximum atomic E-state index is 12.7. The molecule has 2 heterocycles. The summed E-state index contributed by atoms with van der Waals surface area (Å²) >= 11 is 0. The van der Waals surface area contributed by atoms with E-state index in [1.807, 2.05) is 23.1 Å². The zero-order chi connectivity index (χ0) is 15.9. The van der Waals surface area contributed by atoms with Gasteiger partial charge in [0.05, 0.1) is 17.5 Å². The number of rotatable bonds is 2. The van der Waals surface area contributed by atoms with E-state index in [0.717, 1.165) is 18.4 Å². The molecule has 1 aromatic carbocycles. The third kappa shape index (κ3) is 2.67. The van der Waals surface area contributed by atoms with Crippen molar-refractivity contribution in [2.24, 2.45) is 5.41 Å². The highest BCUT2D eigenvalue weighted by Gasteiger charge is 2.44. The lowest BCUT2D eigenvalue weighted by molar-refractivity contribution is -0.130. The van der Waals surface area contributed by atoms with Gasteiger partial charge in [0, 0.05) is 18.5 Å². The summed E-state index contributed by atoms with van der Waals surface area (Å²) in [7, 11) is 0. The van der Waals surface area contributed by atoms with Crippen molar-refractivity contribution in [3.63, 3.8) is 0 Å². The standard InChI is InChI=1S/C18H19N3O2/c22-16(21-10-4-3-7-18(12-21)8-9-18)11-15-13-5-1-2-6-14(13)17(23)20-19-15/h1-6H,7-12H2,(H,20,23). The van der Waals surface area contributed by atoms with Crippen LogP contribution in [0.4, 0.5) is 0 Å². The Hall–Kier alpha value is -2.43. The van der Waals surface area contributed by atoms with Crippen LogP contribution in [-0.2, 0) is 11.2 Å². The van der Waals surface area contributed by atoms with E-state index in [1.165, 1.54) is 12.8 Å². The summed E-state index contributed by atoms with van der Waals surface area (Å²) in [6.45, 7) is 1.50. The molecule has 1 aromatic heterocycles. The average Bonchev–Trinajstić information content (AvgIpc) is 3.37. The number of benzene rings is 1. The van der Waals surface area contributed by atoms with E-state index in [9.17, 15) is 9.59 Å². The third-order valence-corrected chi connectivity index (χ3v) is 4.97. The van der Waals surface area contributed by atoms with Gasteiger partial charge in [-0.2, -0.15) is 5.10 Å². The summed E-state index contributed by atoms with van der Waals surface area (Å²) in [5, 5.41) is 7.96. The van der Waals surface area contributed by atoms with Gasteiger partial charge in [0.25, 0.3) is 5.56 Å². The maximum Gasteiger partial charge on any atom is 0.272 e. The van der Waals surface area contributed by atoms with Crippen LogP contribution in [0.15, 0.2) is 41.2 Å². The Balaban J connectivity index is 1.60. The topological polar surface area (TPSA) is 66.1 Å². The summed E-state index contributed by atoms with van der Waals surface area (Å²) < 4.78 is 0. The van der Waals surface area contributed by atoms with Crippen molar-refractivity contribution in [1.29, 1.82) is 0 Å². The molecular weight excluding hydrogens is 290 g/mol. The number of hydrogen-bond donors (Lipinski definition) is 1. The molecule has 0 radical (unpaired) electrons. The quantitative estimate of drug-likeness (QED) is 0.863. The fourth-order valence-electron chi connectivity index (χ4n) is 3.36. The highest BCUT2D eigenvalue weighted by Crippen LogP contribution is 2.50. The Labute approximate surface area is 134 Å². The summed E-state index contributed by atoms with van der Waals surface area (Å²) in [5.41, 5.74) is 0.748. The summed E-state index contributed by atoms with van der Waals surface area (Å²) in [4.78, 5) is 26.5. The van der Waals surface area contributed by atoms with Crippen molar-refractivity contribution in [3.05, 3.63) is 52.5 Å². The van der Waals surface area contributed by atoms with Gasteiger partial charge in [0.15, 0.2) is 0 Å². The number of amides is 1. The Morgan fingerprint density at radius 2 is 2.00 bits per heavy atom. The lowest BCUT2D eigenvalue weighted by atomic mass is 10.0. The molecule has 1 amide bonds. The predicted octanol–water partition coefficient (Wildman–Crippen LogP) is 2.03. The van der Waals surface area contributed by atoms with Crippen LogP contribution in [0.25, 0.3) is 10.8 Å². The Morgan fingerprint density at radius 1 is 1.22 bits per heavy atom. The second-order valence-electron chi connectivity index (χ2n) is 6.67. The van der Waals surface area contributed by atoms with Crippen LogP contribution >= 0.6 is 0 Å². The number of H-pyrrole nitrogens is 1. The molecule has 118 valence electrons. The van der Waals surface area contributed by atoms with Gasteiger partial charge in [-0.15, -0.1) is 0 Å². The number of fused-ring (bicyclic) bond motifs is 1. The van der Waals surface area contributed by atoms with Gasteiger partial charge < -0.3 is 4.90 Å². The average molecular weight is 309 g/mol. The molecule has 4 rings (SSSR count). The van der Waals surface area contributed by atoms with Crippen LogP contribution in [0.2, 0.25) is 0 Å². The normalized spacial score (nSPS) is 19.0. The molecule has 1 fully saturated rings. The number of nitrogens with one attached hydrogen (secondary N) is 1. The first-order valence-corrected chi connectivity index (χ1v) is 8.06. The van der Waals surface area contributed by atoms with Crippen LogP contribution in [0, 0.1) is 5.41 Å². The minimum Gasteiger partial charge on any atom is -0.338 e. The zero-order valence-electron chi connectivity index (χ0n) is 12.9. The predicted molar refractivity (Wildman–Crippen MR) is 88.1 cm³/mol. The van der Waals surface area contributed by atoms with E-state index in [0.29, 0.717) is 23.0 Å². The van der Waals surface area contributed by atoms with Crippen molar-refractivity contribution in [2.75, 3.05) is 13.1 Å². The largest absolute Gasteiger partial charge is 0.338 e. The fourth-order valence-corrected chi connectivity index (χ4v) is 3.36. The van der Waals surface area contributed by atoms with Crippen LogP contribution in [0.5, 0.6) is 0 Å². The molecule has 0 unspecified atom stereocenters. The monoisotopic (exact) mass is 309 g/mol. The first-order chi connectivity index (χ1) is 11.2. The van der Waals surface area contributed by atoms with Crippen molar-refractivity contribution >= 4 is 16.7 Å². The SMILES string of the molecule is O=C(Cc1n[nH]c(=O)c2ccccc12)N1CC=CCC2(CC2)C1. The highest BCUT2D eigenvalue weighted by atomic mass is 16.2. The third-order valence-electron chi connectivity index (χ3n) is 4.97. The van der Waals surface area contributed by atoms with Crippen LogP contribution in [0.1, 0.15) is 25.0 Å². The van der Waals surface area contributed by atoms with Crippen LogP contribution < -0.4 is 5.56 Å². The molecule has 1 aliphatic carbocycles. The number of carbonyl (C=O) groups is 1. The van der Waals surface area contributed by atoms with Crippen molar-refractivity contribution in [1.82, 2.24) is 15.1 Å². The molecule has 1 aliphatic heterocycles. The Morgan fingerprint density at radius 3 is 2.78 bits per heavy atom. The molecule has 2 aromatic rings. The van der Waals surface area contributed by atoms with Gasteiger partial charge in [0.1, 0.15) is 0 Å². The number of hydrogen-bond acceptors (Lipinski definition) is 3. The molecular formula is C18H19N3O2. The lowest BCUT2D eigenvalue weighted by Gasteiger charge is -2.24. The van der Waals surface area contributed by atoms with Gasteiger partial charge in [-0.3, -0.25) is 9.59 Å². The van der Waals surface area contributed by atoms with Gasteiger partial charge in [-0.25, -0.2) is 5.10 Å². The molecule has 1 saturated carbocycles. The molecule has 1 N–H and O–H groups in total. The minimum atomic E-state index is -0.216. The molecule has 0 bridgehead atoms. The molecule has 2 aliphatic rings. The van der Waals surface area contributed by atoms with E-state index < -0.39 is 0 Å². The number of aromatic nitrogens is 2. The smallest absolute Gasteiger partial charge is 0.272 e. The van der Waals surface area contributed by atoms with Crippen molar-refractivity contribution in [3.8, 4) is 0 Å². The van der Waals surface area contributed by atoms with Crippen LogP contribution in [-0.4, -0.2) is 34.1 Å². The van der Waals surface area contributed by atoms with E-state index in [-0.39, 0.29) is 17.9 Å². The van der Waals surface area contributed by atoms with E-state index in [2.05, 4.69) is 22.3 Å². The highest BCUT2D eigenvalue weighted by molar-refractivity contribution is 5.88. The van der Waals surface area contributed by atoms with Gasteiger partial charge in [-0.1, -0.05) is 30.4 Å². The Kier molecular flexibility index (Phi) is 3.29. The Bertz CT molecular complexity index is 849. The van der Waals surface area contributed by atoms with Gasteiger partial charge in [0.2, 0.25) is 5.91 Å². The van der Waals surface area contributed by atoms with E-state index >= 15 is 0 Å². The molecule has 5 heteroatoms. The first-order valence-electron chi connectivity index (χ1n) is 8.06. The summed E-state index contributed by atoms with van der Waals surface area (Å²) in [5.74, 6) is 0.0764. The number of nitrogens with zero attached hydrogens (tertiary/aromatic N) is 2. The summed E-state index contributed by atoms with van der Waals surface area (Å²) in [6, 6.07) is 7.30. The first kappa shape index (κ1) is 14.2. The van der Waals surface area contributed by atoms with E-state index in [4.69, 9.17) is 0 Å². The summed E-state index contributed by atoms with van der Waals surface area (Å²) in [6.07, 6.45) is 8.01. The van der Waals surface area contributed by atoms with Gasteiger partial charge in [-0.05, 0) is 30.7 Å². The number of allylic oxidation sites excluding steroid dienone is 1. The second kappa shape index (κ2) is 5.33. The molecule has 5 nitrogen and oxygen atoms in total. The fraction of sp³-hybridized carbons (Fsp3) is 0.389. The molecule has 0 saturated heterocycles. The zero-order valence-corrected chi connectivity index (χ0v) is 12.9. The van der Waals surface area contributed by atoms with Gasteiger partial charge >= 0.3 is 0 Å². The molecule has 23 heavy (non-hydrogen) atoms. The maximum absolute atomic E-state index is 12.7. The van der Waals surface area contributed by atoms with Crippen molar-refractivity contribution < 1.29 is 4.79 Å². The lowest BCUT2D eigenvalue weighted by Crippen LogP contribution is -2.36.